The molecule has 0 spiro atoms. The fraction of sp³-hybridized carbons (Fsp3) is 0.143. The lowest BCUT2D eigenvalue weighted by atomic mass is 9.83. The quantitative estimate of drug-likeness (QED) is 0.102. The van der Waals surface area contributed by atoms with E-state index in [-0.39, 0.29) is 23.5 Å². The van der Waals surface area contributed by atoms with Crippen molar-refractivity contribution in [1.29, 1.82) is 0 Å². The fourth-order valence-electron chi connectivity index (χ4n) is 6.11. The van der Waals surface area contributed by atoms with E-state index in [1.54, 1.807) is 41.0 Å². The van der Waals surface area contributed by atoms with Crippen molar-refractivity contribution in [1.82, 2.24) is 4.57 Å². The van der Waals surface area contributed by atoms with Crippen LogP contribution in [-0.2, 0) is 13.0 Å². The number of nitro benzene ring substituents is 2. The van der Waals surface area contributed by atoms with Gasteiger partial charge in [0.25, 0.3) is 16.9 Å². The minimum Gasteiger partial charge on any atom is -0.493 e. The van der Waals surface area contributed by atoms with Crippen LogP contribution in [-0.4, -0.2) is 21.5 Å². The first-order valence-corrected chi connectivity index (χ1v) is 16.7. The Hall–Kier alpha value is -5.15. The van der Waals surface area contributed by atoms with Crippen molar-refractivity contribution in [2.45, 2.75) is 25.5 Å². The molecule has 48 heavy (non-hydrogen) atoms. The average Bonchev–Trinajstić information content (AvgIpc) is 3.40. The van der Waals surface area contributed by atoms with E-state index in [9.17, 15) is 25.0 Å². The maximum absolute atomic E-state index is 14.2. The summed E-state index contributed by atoms with van der Waals surface area (Å²) in [7, 11) is 1.53. The minimum atomic E-state index is -0.545. The molecular formula is C35H25IN4O7S. The van der Waals surface area contributed by atoms with Crippen molar-refractivity contribution in [2.24, 2.45) is 4.99 Å². The number of benzene rings is 4. The van der Waals surface area contributed by atoms with Gasteiger partial charge in [-0.1, -0.05) is 47.7 Å². The first kappa shape index (κ1) is 31.4. The maximum Gasteiger partial charge on any atom is 0.271 e. The first-order chi connectivity index (χ1) is 23.2. The lowest BCUT2D eigenvalue weighted by Crippen LogP contribution is -2.38. The predicted molar refractivity (Wildman–Crippen MR) is 189 cm³/mol. The van der Waals surface area contributed by atoms with E-state index in [4.69, 9.17) is 14.5 Å². The number of non-ortho nitro benzene ring substituents is 2. The van der Waals surface area contributed by atoms with Crippen LogP contribution < -0.4 is 24.4 Å². The topological polar surface area (TPSA) is 139 Å². The number of halogens is 1. The van der Waals surface area contributed by atoms with Gasteiger partial charge >= 0.3 is 0 Å². The molecule has 0 saturated carbocycles. The van der Waals surface area contributed by atoms with Crippen molar-refractivity contribution in [3.63, 3.8) is 0 Å². The van der Waals surface area contributed by atoms with E-state index >= 15 is 0 Å². The standard InChI is InChI=1S/C35H25IN4O7S/c1-46-29-16-21(15-28(36)33(29)47-19-20-9-12-24(13-10-20)39(42)43)17-30-34(41)38-32(23-6-4-7-25(18-23)40(44)45)27-14-11-22-5-2-3-8-26(22)31(27)37-35(38)48-30/h2-10,12-13,15-18,32H,11,14,19H2,1H3/b30-17+. The summed E-state index contributed by atoms with van der Waals surface area (Å²) in [6.07, 6.45) is 3.23. The van der Waals surface area contributed by atoms with Crippen LogP contribution in [0.3, 0.4) is 0 Å². The molecule has 4 aromatic carbocycles. The van der Waals surface area contributed by atoms with Crippen LogP contribution in [0.25, 0.3) is 11.8 Å². The Morgan fingerprint density at radius 3 is 2.50 bits per heavy atom. The summed E-state index contributed by atoms with van der Waals surface area (Å²) in [5.74, 6) is 0.969. The molecule has 7 rings (SSSR count). The van der Waals surface area contributed by atoms with Crippen LogP contribution in [0.15, 0.2) is 100 Å². The van der Waals surface area contributed by atoms with Gasteiger partial charge in [-0.25, -0.2) is 4.99 Å². The Labute approximate surface area is 290 Å². The lowest BCUT2D eigenvalue weighted by molar-refractivity contribution is -0.385. The number of methoxy groups -OCH3 is 1. The molecule has 0 bridgehead atoms. The molecule has 1 aromatic heterocycles. The number of hydrogen-bond acceptors (Lipinski definition) is 9. The molecule has 2 heterocycles. The van der Waals surface area contributed by atoms with E-state index < -0.39 is 15.9 Å². The van der Waals surface area contributed by atoms with Gasteiger partial charge in [0.05, 0.1) is 36.8 Å². The zero-order valence-electron chi connectivity index (χ0n) is 25.3. The summed E-state index contributed by atoms with van der Waals surface area (Å²) >= 11 is 3.42. The Balaban J connectivity index is 1.30. The number of fused-ring (bicyclic) bond motifs is 3. The minimum absolute atomic E-state index is 0.00179. The van der Waals surface area contributed by atoms with Gasteiger partial charge in [0.2, 0.25) is 0 Å². The van der Waals surface area contributed by atoms with Crippen LogP contribution in [0.2, 0.25) is 0 Å². The van der Waals surface area contributed by atoms with Gasteiger partial charge in [-0.2, -0.15) is 0 Å². The number of ether oxygens (including phenoxy) is 2. The summed E-state index contributed by atoms with van der Waals surface area (Å²) in [5, 5.41) is 22.7. The number of aromatic nitrogens is 1. The molecular weight excluding hydrogens is 747 g/mol. The highest BCUT2D eigenvalue weighted by Crippen LogP contribution is 2.42. The molecule has 11 nitrogen and oxygen atoms in total. The van der Waals surface area contributed by atoms with Gasteiger partial charge < -0.3 is 9.47 Å². The highest BCUT2D eigenvalue weighted by atomic mass is 127. The van der Waals surface area contributed by atoms with Crippen LogP contribution in [0.5, 0.6) is 11.5 Å². The summed E-state index contributed by atoms with van der Waals surface area (Å²) in [4.78, 5) is 41.6. The molecule has 1 aliphatic carbocycles. The Kier molecular flexibility index (Phi) is 8.39. The summed E-state index contributed by atoms with van der Waals surface area (Å²) in [5.41, 5.74) is 5.80. The molecule has 2 aliphatic rings. The van der Waals surface area contributed by atoms with Gasteiger partial charge in [0.15, 0.2) is 16.3 Å². The van der Waals surface area contributed by atoms with Crippen molar-refractivity contribution in [3.8, 4) is 11.5 Å². The lowest BCUT2D eigenvalue weighted by Gasteiger charge is -2.30. The van der Waals surface area contributed by atoms with Gasteiger partial charge in [0.1, 0.15) is 6.61 Å². The van der Waals surface area contributed by atoms with Crippen LogP contribution in [0.1, 0.15) is 40.3 Å². The van der Waals surface area contributed by atoms with Gasteiger partial charge in [-0.15, -0.1) is 0 Å². The molecule has 0 saturated heterocycles. The molecule has 0 radical (unpaired) electrons. The normalized spacial score (nSPS) is 15.2. The predicted octanol–water partition coefficient (Wildman–Crippen LogP) is 6.33. The van der Waals surface area contributed by atoms with Crippen molar-refractivity contribution in [3.05, 3.63) is 162 Å². The molecule has 13 heteroatoms. The second kappa shape index (κ2) is 12.8. The molecule has 1 atom stereocenters. The molecule has 1 unspecified atom stereocenters. The van der Waals surface area contributed by atoms with Gasteiger partial charge in [-0.05, 0) is 93.6 Å². The SMILES string of the molecule is COc1cc(/C=c2/sc3n(c2=O)C(c2cccc([N+](=O)[O-])c2)C2=C(N=3)c3ccccc3CC2)cc(I)c1OCc1ccc([N+](=O)[O-])cc1. The van der Waals surface area contributed by atoms with Crippen LogP contribution >= 0.6 is 33.9 Å². The second-order valence-corrected chi connectivity index (χ2v) is 13.4. The Bertz CT molecular complexity index is 2350. The van der Waals surface area contributed by atoms with Gasteiger partial charge in [0, 0.05) is 29.8 Å². The van der Waals surface area contributed by atoms with E-state index in [1.165, 1.54) is 42.2 Å². The molecule has 240 valence electrons. The summed E-state index contributed by atoms with van der Waals surface area (Å²) < 4.78 is 14.6. The Morgan fingerprint density at radius 2 is 1.75 bits per heavy atom. The second-order valence-electron chi connectivity index (χ2n) is 11.2. The molecule has 1 aliphatic heterocycles. The molecule has 5 aromatic rings. The van der Waals surface area contributed by atoms with Crippen LogP contribution in [0, 0.1) is 23.8 Å². The van der Waals surface area contributed by atoms with E-state index in [0.29, 0.717) is 38.4 Å². The van der Waals surface area contributed by atoms with E-state index in [1.807, 2.05) is 30.3 Å². The number of hydrogen-bond donors (Lipinski definition) is 0. The highest BCUT2D eigenvalue weighted by molar-refractivity contribution is 14.1. The maximum atomic E-state index is 14.2. The largest absolute Gasteiger partial charge is 0.493 e. The van der Waals surface area contributed by atoms with Gasteiger partial charge in [-0.3, -0.25) is 29.6 Å². The van der Waals surface area contributed by atoms with E-state index in [0.717, 1.165) is 32.4 Å². The zero-order valence-corrected chi connectivity index (χ0v) is 28.3. The molecule has 0 fully saturated rings. The van der Waals surface area contributed by atoms with Crippen molar-refractivity contribution >= 4 is 57.1 Å². The third kappa shape index (κ3) is 5.79. The number of aryl methyl sites for hydroxylation is 1. The molecule has 0 amide bonds. The first-order valence-electron chi connectivity index (χ1n) is 14.8. The zero-order chi connectivity index (χ0) is 33.5. The number of nitrogens with zero attached hydrogens (tertiary/aromatic N) is 4. The monoisotopic (exact) mass is 772 g/mol. The van der Waals surface area contributed by atoms with Crippen molar-refractivity contribution < 1.29 is 19.3 Å². The summed E-state index contributed by atoms with van der Waals surface area (Å²) in [6, 6.07) is 23.8. The van der Waals surface area contributed by atoms with Crippen molar-refractivity contribution in [2.75, 3.05) is 7.11 Å². The number of allylic oxidation sites excluding steroid dienone is 1. The molecule has 0 N–H and O–H groups in total. The average molecular weight is 773 g/mol. The fourth-order valence-corrected chi connectivity index (χ4v) is 7.90. The number of nitro groups is 2. The highest BCUT2D eigenvalue weighted by Gasteiger charge is 2.33. The van der Waals surface area contributed by atoms with Crippen LogP contribution in [0.4, 0.5) is 11.4 Å². The Morgan fingerprint density at radius 1 is 0.979 bits per heavy atom. The number of rotatable bonds is 8. The smallest absolute Gasteiger partial charge is 0.271 e. The third-order valence-electron chi connectivity index (χ3n) is 8.35. The summed E-state index contributed by atoms with van der Waals surface area (Å²) in [6.45, 7) is 0.174. The number of thiazole rings is 1. The third-order valence-corrected chi connectivity index (χ3v) is 10.1. The van der Waals surface area contributed by atoms with E-state index in [2.05, 4.69) is 28.7 Å².